The van der Waals surface area contributed by atoms with Crippen molar-refractivity contribution in [3.8, 4) is 16.9 Å². The molecule has 0 fully saturated rings. The van der Waals surface area contributed by atoms with Gasteiger partial charge in [0.25, 0.3) is 0 Å². The van der Waals surface area contributed by atoms with Crippen molar-refractivity contribution in [3.05, 3.63) is 52.7 Å². The Labute approximate surface area is 97.8 Å². The second-order valence-corrected chi connectivity index (χ2v) is 3.37. The van der Waals surface area contributed by atoms with E-state index in [9.17, 15) is 10.1 Å². The van der Waals surface area contributed by atoms with Gasteiger partial charge in [-0.1, -0.05) is 30.3 Å². The van der Waals surface area contributed by atoms with Crippen molar-refractivity contribution >= 4 is 5.82 Å². The summed E-state index contributed by atoms with van der Waals surface area (Å²) >= 11 is 0. The van der Waals surface area contributed by atoms with Crippen LogP contribution in [0.2, 0.25) is 0 Å². The number of nitro groups is 1. The number of pyridine rings is 1. The summed E-state index contributed by atoms with van der Waals surface area (Å²) in [7, 11) is 1.39. The molecule has 0 aliphatic heterocycles. The van der Waals surface area contributed by atoms with Crippen molar-refractivity contribution < 1.29 is 9.66 Å². The van der Waals surface area contributed by atoms with Crippen molar-refractivity contribution in [1.29, 1.82) is 0 Å². The van der Waals surface area contributed by atoms with E-state index >= 15 is 0 Å². The minimum Gasteiger partial charge on any atom is -0.489 e. The van der Waals surface area contributed by atoms with Gasteiger partial charge in [0.1, 0.15) is 6.20 Å². The largest absolute Gasteiger partial charge is 0.489 e. The average Bonchev–Trinajstić information content (AvgIpc) is 2.39. The van der Waals surface area contributed by atoms with E-state index in [2.05, 4.69) is 4.98 Å². The van der Waals surface area contributed by atoms with Crippen LogP contribution < -0.4 is 4.74 Å². The quantitative estimate of drug-likeness (QED) is 0.600. The van der Waals surface area contributed by atoms with Gasteiger partial charge in [0.05, 0.1) is 7.11 Å². The minimum atomic E-state index is -0.562. The SMILES string of the molecule is COc1cc(-c2ccccc2)cnc1[N+](=O)[O-]. The molecule has 0 N–H and O–H groups in total. The topological polar surface area (TPSA) is 65.3 Å². The number of benzene rings is 1. The summed E-state index contributed by atoms with van der Waals surface area (Å²) in [4.78, 5) is 13.9. The maximum Gasteiger partial charge on any atom is 0.406 e. The molecule has 0 radical (unpaired) electrons. The van der Waals surface area contributed by atoms with E-state index in [-0.39, 0.29) is 11.6 Å². The van der Waals surface area contributed by atoms with E-state index in [1.165, 1.54) is 13.3 Å². The molecule has 1 heterocycles. The van der Waals surface area contributed by atoms with E-state index < -0.39 is 4.92 Å². The fourth-order valence-electron chi connectivity index (χ4n) is 1.51. The van der Waals surface area contributed by atoms with Crippen LogP contribution in [0, 0.1) is 10.1 Å². The lowest BCUT2D eigenvalue weighted by atomic mass is 10.1. The highest BCUT2D eigenvalue weighted by atomic mass is 16.6. The van der Waals surface area contributed by atoms with Gasteiger partial charge in [0.15, 0.2) is 0 Å². The highest BCUT2D eigenvalue weighted by Crippen LogP contribution is 2.29. The van der Waals surface area contributed by atoms with Crippen LogP contribution in [-0.2, 0) is 0 Å². The number of hydrogen-bond acceptors (Lipinski definition) is 4. The molecule has 0 amide bonds. The molecule has 0 spiro atoms. The Kier molecular flexibility index (Phi) is 3.00. The van der Waals surface area contributed by atoms with Gasteiger partial charge in [0.2, 0.25) is 5.75 Å². The molecule has 0 bridgehead atoms. The summed E-state index contributed by atoms with van der Waals surface area (Å²) in [5.41, 5.74) is 1.72. The van der Waals surface area contributed by atoms with Crippen molar-refractivity contribution in [3.63, 3.8) is 0 Å². The van der Waals surface area contributed by atoms with Crippen LogP contribution in [0.15, 0.2) is 42.6 Å². The number of ether oxygens (including phenoxy) is 1. The molecule has 0 aliphatic carbocycles. The monoisotopic (exact) mass is 230 g/mol. The number of methoxy groups -OCH3 is 1. The third-order valence-corrected chi connectivity index (χ3v) is 2.33. The fourth-order valence-corrected chi connectivity index (χ4v) is 1.51. The summed E-state index contributed by atoms with van der Waals surface area (Å²) < 4.78 is 4.96. The maximum absolute atomic E-state index is 10.7. The van der Waals surface area contributed by atoms with Crippen LogP contribution in [0.25, 0.3) is 11.1 Å². The molecule has 1 aromatic carbocycles. The molecule has 0 saturated heterocycles. The van der Waals surface area contributed by atoms with Crippen LogP contribution in [0.5, 0.6) is 5.75 Å². The van der Waals surface area contributed by atoms with E-state index in [0.29, 0.717) is 0 Å². The zero-order valence-electron chi connectivity index (χ0n) is 9.16. The molecule has 2 rings (SSSR count). The molecule has 0 unspecified atom stereocenters. The van der Waals surface area contributed by atoms with Crippen LogP contribution in [0.1, 0.15) is 0 Å². The highest BCUT2D eigenvalue weighted by Gasteiger charge is 2.17. The fraction of sp³-hybridized carbons (Fsp3) is 0.0833. The Morgan fingerprint density at radius 3 is 2.53 bits per heavy atom. The molecule has 2 aromatic rings. The van der Waals surface area contributed by atoms with Crippen LogP contribution in [-0.4, -0.2) is 17.0 Å². The highest BCUT2D eigenvalue weighted by molar-refractivity contribution is 5.65. The Balaban J connectivity index is 2.49. The third kappa shape index (κ3) is 2.23. The Hall–Kier alpha value is -2.43. The molecule has 0 aliphatic rings. The van der Waals surface area contributed by atoms with E-state index in [0.717, 1.165) is 11.1 Å². The summed E-state index contributed by atoms with van der Waals surface area (Å²) in [6, 6.07) is 11.1. The molecule has 1 aromatic heterocycles. The average molecular weight is 230 g/mol. The number of hydrogen-bond donors (Lipinski definition) is 0. The van der Waals surface area contributed by atoms with Crippen molar-refractivity contribution in [1.82, 2.24) is 4.98 Å². The first-order chi connectivity index (χ1) is 8.22. The molecule has 86 valence electrons. The summed E-state index contributed by atoms with van der Waals surface area (Å²) in [5, 5.41) is 10.7. The zero-order chi connectivity index (χ0) is 12.3. The molecule has 17 heavy (non-hydrogen) atoms. The summed E-state index contributed by atoms with van der Waals surface area (Å²) in [5.74, 6) is -0.108. The lowest BCUT2D eigenvalue weighted by Crippen LogP contribution is -1.97. The molecule has 0 saturated carbocycles. The van der Waals surface area contributed by atoms with Crippen LogP contribution in [0.3, 0.4) is 0 Å². The zero-order valence-corrected chi connectivity index (χ0v) is 9.16. The van der Waals surface area contributed by atoms with Gasteiger partial charge < -0.3 is 14.9 Å². The first-order valence-electron chi connectivity index (χ1n) is 4.96. The van der Waals surface area contributed by atoms with Gasteiger partial charge >= 0.3 is 5.82 Å². The van der Waals surface area contributed by atoms with E-state index in [4.69, 9.17) is 4.74 Å². The number of aromatic nitrogens is 1. The van der Waals surface area contributed by atoms with E-state index in [1.54, 1.807) is 6.07 Å². The number of nitrogens with zero attached hydrogens (tertiary/aromatic N) is 2. The lowest BCUT2D eigenvalue weighted by Gasteiger charge is -2.03. The standard InChI is InChI=1S/C12H10N2O3/c1-17-11-7-10(8-13-12(11)14(15)16)9-5-3-2-4-6-9/h2-8H,1H3. The van der Waals surface area contributed by atoms with Gasteiger partial charge in [-0.05, 0) is 15.5 Å². The molecule has 0 atom stereocenters. The third-order valence-electron chi connectivity index (χ3n) is 2.33. The van der Waals surface area contributed by atoms with Crippen molar-refractivity contribution in [2.75, 3.05) is 7.11 Å². The first-order valence-corrected chi connectivity index (χ1v) is 4.96. The second-order valence-electron chi connectivity index (χ2n) is 3.37. The Morgan fingerprint density at radius 2 is 1.94 bits per heavy atom. The maximum atomic E-state index is 10.7. The number of rotatable bonds is 3. The van der Waals surface area contributed by atoms with Crippen molar-refractivity contribution in [2.45, 2.75) is 0 Å². The Morgan fingerprint density at radius 1 is 1.24 bits per heavy atom. The smallest absolute Gasteiger partial charge is 0.406 e. The van der Waals surface area contributed by atoms with Gasteiger partial charge in [-0.15, -0.1) is 0 Å². The van der Waals surface area contributed by atoms with Crippen molar-refractivity contribution in [2.24, 2.45) is 0 Å². The Bertz CT molecular complexity index is 541. The normalized spacial score (nSPS) is 9.94. The molecule has 5 heteroatoms. The minimum absolute atomic E-state index is 0.163. The van der Waals surface area contributed by atoms with E-state index in [1.807, 2.05) is 30.3 Å². The summed E-state index contributed by atoms with van der Waals surface area (Å²) in [6.45, 7) is 0. The van der Waals surface area contributed by atoms with Gasteiger partial charge in [-0.3, -0.25) is 0 Å². The van der Waals surface area contributed by atoms with Gasteiger partial charge in [-0.2, -0.15) is 0 Å². The second kappa shape index (κ2) is 4.61. The van der Waals surface area contributed by atoms with Gasteiger partial charge in [-0.25, -0.2) is 0 Å². The molecular formula is C12H10N2O3. The molecular weight excluding hydrogens is 220 g/mol. The van der Waals surface area contributed by atoms with Crippen LogP contribution in [0.4, 0.5) is 5.82 Å². The lowest BCUT2D eigenvalue weighted by molar-refractivity contribution is -0.390. The summed E-state index contributed by atoms with van der Waals surface area (Å²) in [6.07, 6.45) is 1.47. The predicted octanol–water partition coefficient (Wildman–Crippen LogP) is 2.67. The van der Waals surface area contributed by atoms with Crippen LogP contribution >= 0.6 is 0 Å². The predicted molar refractivity (Wildman–Crippen MR) is 62.9 cm³/mol. The first kappa shape index (κ1) is 11.1. The van der Waals surface area contributed by atoms with Gasteiger partial charge in [0, 0.05) is 11.6 Å². The molecule has 5 nitrogen and oxygen atoms in total.